The first-order chi connectivity index (χ1) is 11.6. The van der Waals surface area contributed by atoms with Gasteiger partial charge in [-0.15, -0.1) is 21.5 Å². The lowest BCUT2D eigenvalue weighted by molar-refractivity contribution is -0.140. The van der Waals surface area contributed by atoms with Crippen LogP contribution in [0, 0.1) is 0 Å². The molecule has 1 aliphatic heterocycles. The molecular formula is C16H22N4O2S2. The van der Waals surface area contributed by atoms with E-state index in [1.165, 1.54) is 11.8 Å². The number of amides is 1. The topological polar surface area (TPSA) is 60.2 Å². The molecule has 3 rings (SSSR count). The molecule has 0 bridgehead atoms. The van der Waals surface area contributed by atoms with Gasteiger partial charge in [0.1, 0.15) is 0 Å². The van der Waals surface area contributed by atoms with Gasteiger partial charge in [-0.25, -0.2) is 0 Å². The van der Waals surface area contributed by atoms with Crippen LogP contribution in [0.4, 0.5) is 0 Å². The van der Waals surface area contributed by atoms with Crippen molar-refractivity contribution in [2.75, 3.05) is 18.8 Å². The Morgan fingerprint density at radius 2 is 2.12 bits per heavy atom. The summed E-state index contributed by atoms with van der Waals surface area (Å²) < 4.78 is 7.75. The van der Waals surface area contributed by atoms with Crippen LogP contribution in [0.3, 0.4) is 0 Å². The Morgan fingerprint density at radius 1 is 1.38 bits per heavy atom. The van der Waals surface area contributed by atoms with Crippen LogP contribution in [0.25, 0.3) is 10.7 Å². The van der Waals surface area contributed by atoms with E-state index in [1.54, 1.807) is 11.3 Å². The fourth-order valence-electron chi connectivity index (χ4n) is 2.87. The minimum absolute atomic E-state index is 0.0902. The molecular weight excluding hydrogens is 344 g/mol. The minimum Gasteiger partial charge on any atom is -0.372 e. The molecule has 1 aliphatic rings. The lowest BCUT2D eigenvalue weighted by Crippen LogP contribution is -2.48. The van der Waals surface area contributed by atoms with E-state index >= 15 is 0 Å². The molecule has 0 radical (unpaired) electrons. The predicted molar refractivity (Wildman–Crippen MR) is 96.3 cm³/mol. The number of ether oxygens (including phenoxy) is 1. The van der Waals surface area contributed by atoms with Gasteiger partial charge in [0.25, 0.3) is 0 Å². The van der Waals surface area contributed by atoms with Gasteiger partial charge >= 0.3 is 0 Å². The number of nitrogens with zero attached hydrogens (tertiary/aromatic N) is 4. The largest absolute Gasteiger partial charge is 0.372 e. The first-order valence-electron chi connectivity index (χ1n) is 8.11. The summed E-state index contributed by atoms with van der Waals surface area (Å²) in [4.78, 5) is 15.5. The zero-order valence-corrected chi connectivity index (χ0v) is 15.8. The monoisotopic (exact) mass is 366 g/mol. The molecule has 1 amide bonds. The number of hydrogen-bond donors (Lipinski definition) is 0. The summed E-state index contributed by atoms with van der Waals surface area (Å²) in [5, 5.41) is 11.4. The molecule has 0 aromatic carbocycles. The Balaban J connectivity index is 1.65. The molecule has 8 heteroatoms. The normalized spacial score (nSPS) is 21.2. The van der Waals surface area contributed by atoms with Crippen molar-refractivity contribution in [1.82, 2.24) is 19.7 Å². The van der Waals surface area contributed by atoms with Crippen molar-refractivity contribution in [1.29, 1.82) is 0 Å². The highest BCUT2D eigenvalue weighted by Gasteiger charge is 2.26. The van der Waals surface area contributed by atoms with Crippen molar-refractivity contribution in [3.05, 3.63) is 17.5 Å². The van der Waals surface area contributed by atoms with E-state index in [0.717, 1.165) is 22.4 Å². The summed E-state index contributed by atoms with van der Waals surface area (Å²) in [6.45, 7) is 8.17. The van der Waals surface area contributed by atoms with Crippen molar-refractivity contribution in [3.8, 4) is 10.7 Å². The van der Waals surface area contributed by atoms with Gasteiger partial charge in [-0.1, -0.05) is 17.8 Å². The van der Waals surface area contributed by atoms with E-state index in [0.29, 0.717) is 18.8 Å². The Bertz CT molecular complexity index is 676. The Kier molecular flexibility index (Phi) is 5.57. The molecule has 0 saturated carbocycles. The quantitative estimate of drug-likeness (QED) is 0.762. The molecule has 130 valence electrons. The highest BCUT2D eigenvalue weighted by molar-refractivity contribution is 7.99. The van der Waals surface area contributed by atoms with Crippen LogP contribution >= 0.6 is 23.1 Å². The molecule has 2 atom stereocenters. The van der Waals surface area contributed by atoms with Crippen LogP contribution in [0.15, 0.2) is 22.7 Å². The van der Waals surface area contributed by atoms with Gasteiger partial charge in [0.05, 0.1) is 22.8 Å². The summed E-state index contributed by atoms with van der Waals surface area (Å²) >= 11 is 3.10. The molecule has 0 N–H and O–H groups in total. The average molecular weight is 367 g/mol. The summed E-state index contributed by atoms with van der Waals surface area (Å²) in [7, 11) is 0. The molecule has 1 fully saturated rings. The Hall–Kier alpha value is -1.38. The van der Waals surface area contributed by atoms with Crippen LogP contribution < -0.4 is 0 Å². The summed E-state index contributed by atoms with van der Waals surface area (Å²) in [6.07, 6.45) is 0.180. The number of thiophene rings is 1. The van der Waals surface area contributed by atoms with Crippen LogP contribution in [0.5, 0.6) is 0 Å². The van der Waals surface area contributed by atoms with Gasteiger partial charge in [0.2, 0.25) is 5.91 Å². The highest BCUT2D eigenvalue weighted by atomic mass is 32.2. The maximum atomic E-state index is 12.5. The summed E-state index contributed by atoms with van der Waals surface area (Å²) in [6, 6.07) is 4.04. The van der Waals surface area contributed by atoms with Crippen molar-refractivity contribution >= 4 is 29.0 Å². The molecule has 24 heavy (non-hydrogen) atoms. The van der Waals surface area contributed by atoms with Gasteiger partial charge in [0.15, 0.2) is 11.0 Å². The van der Waals surface area contributed by atoms with Crippen molar-refractivity contribution in [3.63, 3.8) is 0 Å². The molecule has 2 aromatic rings. The van der Waals surface area contributed by atoms with E-state index in [4.69, 9.17) is 4.74 Å². The number of carbonyl (C=O) groups is 1. The van der Waals surface area contributed by atoms with Gasteiger partial charge in [-0.3, -0.25) is 4.79 Å². The van der Waals surface area contributed by atoms with Crippen LogP contribution in [-0.2, 0) is 16.1 Å². The Morgan fingerprint density at radius 3 is 2.75 bits per heavy atom. The summed E-state index contributed by atoms with van der Waals surface area (Å²) in [5.74, 6) is 1.38. The number of morpholine rings is 1. The van der Waals surface area contributed by atoms with Gasteiger partial charge in [-0.05, 0) is 32.2 Å². The van der Waals surface area contributed by atoms with Crippen LogP contribution in [-0.4, -0.2) is 56.6 Å². The van der Waals surface area contributed by atoms with E-state index in [9.17, 15) is 4.79 Å². The van der Waals surface area contributed by atoms with Gasteiger partial charge < -0.3 is 14.2 Å². The Labute approximate surface area is 150 Å². The molecule has 0 unspecified atom stereocenters. The maximum Gasteiger partial charge on any atom is 0.233 e. The molecule has 3 heterocycles. The van der Waals surface area contributed by atoms with Gasteiger partial charge in [-0.2, -0.15) is 0 Å². The number of rotatable bonds is 5. The predicted octanol–water partition coefficient (Wildman–Crippen LogP) is 2.75. The van der Waals surface area contributed by atoms with E-state index in [-0.39, 0.29) is 18.1 Å². The number of hydrogen-bond acceptors (Lipinski definition) is 6. The zero-order valence-electron chi connectivity index (χ0n) is 14.1. The lowest BCUT2D eigenvalue weighted by atomic mass is 10.2. The SMILES string of the molecule is CCn1c(SCC(=O)N2C[C@H](C)O[C@@H](C)C2)nnc1-c1cccs1. The standard InChI is InChI=1S/C16H22N4O2S2/c1-4-20-15(13-6-5-7-23-13)17-18-16(20)24-10-14(21)19-8-11(2)22-12(3)9-19/h5-7,11-12H,4,8-10H2,1-3H3/t11-,12-/m0/s1. The minimum atomic E-state index is 0.0902. The van der Waals surface area contributed by atoms with Crippen LogP contribution in [0.2, 0.25) is 0 Å². The van der Waals surface area contributed by atoms with Gasteiger partial charge in [0, 0.05) is 19.6 Å². The van der Waals surface area contributed by atoms with Crippen molar-refractivity contribution < 1.29 is 9.53 Å². The third-order valence-corrected chi connectivity index (χ3v) is 5.69. The maximum absolute atomic E-state index is 12.5. The van der Waals surface area contributed by atoms with Crippen molar-refractivity contribution in [2.45, 2.75) is 44.7 Å². The first-order valence-corrected chi connectivity index (χ1v) is 9.98. The number of thioether (sulfide) groups is 1. The highest BCUT2D eigenvalue weighted by Crippen LogP contribution is 2.27. The zero-order chi connectivity index (χ0) is 17.1. The van der Waals surface area contributed by atoms with Crippen molar-refractivity contribution in [2.24, 2.45) is 0 Å². The molecule has 2 aromatic heterocycles. The molecule has 0 spiro atoms. The number of carbonyl (C=O) groups excluding carboxylic acids is 1. The summed E-state index contributed by atoms with van der Waals surface area (Å²) in [5.41, 5.74) is 0. The third-order valence-electron chi connectivity index (χ3n) is 3.87. The van der Waals surface area contributed by atoms with Crippen LogP contribution in [0.1, 0.15) is 20.8 Å². The molecule has 0 aliphatic carbocycles. The molecule has 1 saturated heterocycles. The van der Waals surface area contributed by atoms with E-state index < -0.39 is 0 Å². The molecule has 6 nitrogen and oxygen atoms in total. The van der Waals surface area contributed by atoms with E-state index in [1.807, 2.05) is 36.3 Å². The second-order valence-electron chi connectivity index (χ2n) is 5.87. The van der Waals surface area contributed by atoms with E-state index in [2.05, 4.69) is 21.7 Å². The third kappa shape index (κ3) is 3.81. The first kappa shape index (κ1) is 17.4. The second kappa shape index (κ2) is 7.67. The number of aromatic nitrogens is 3. The average Bonchev–Trinajstić information content (AvgIpc) is 3.20. The fourth-order valence-corrected chi connectivity index (χ4v) is 4.49. The smallest absolute Gasteiger partial charge is 0.233 e. The lowest BCUT2D eigenvalue weighted by Gasteiger charge is -2.35. The fraction of sp³-hybridized carbons (Fsp3) is 0.562. The second-order valence-corrected chi connectivity index (χ2v) is 7.76.